The van der Waals surface area contributed by atoms with Crippen LogP contribution in [-0.2, 0) is 6.18 Å². The number of H-pyrrole nitrogens is 1. The van der Waals surface area contributed by atoms with Crippen LogP contribution in [0.4, 0.5) is 22.0 Å². The molecular weight excluding hydrogens is 245 g/mol. The fourth-order valence-electron chi connectivity index (χ4n) is 1.01. The first-order valence-electron chi connectivity index (χ1n) is 3.51. The van der Waals surface area contributed by atoms with Gasteiger partial charge in [0.15, 0.2) is 0 Å². The molecule has 0 aliphatic rings. The number of rotatable bonds is 1. The highest BCUT2D eigenvalue weighted by Crippen LogP contribution is 2.38. The number of alkyl halides is 5. The van der Waals surface area contributed by atoms with Crippen molar-refractivity contribution in [2.75, 3.05) is 0 Å². The molecular formula is C7H3ClF5NO. The van der Waals surface area contributed by atoms with E-state index >= 15 is 0 Å². The quantitative estimate of drug-likeness (QED) is 0.601. The Labute approximate surface area is 84.7 Å². The molecule has 0 unspecified atom stereocenters. The van der Waals surface area contributed by atoms with E-state index in [1.807, 2.05) is 0 Å². The van der Waals surface area contributed by atoms with Gasteiger partial charge in [-0.2, -0.15) is 13.2 Å². The standard InChI is InChI=1S/C7H3ClF5NO/c8-5-4(7(11,12)13)2(6(9)10)1-3(15)14-5/h1,6H,(H,14,15). The third-order valence-electron chi connectivity index (χ3n) is 1.55. The molecule has 8 heteroatoms. The van der Waals surface area contributed by atoms with Crippen molar-refractivity contribution in [1.82, 2.24) is 4.98 Å². The zero-order valence-corrected chi connectivity index (χ0v) is 7.59. The third-order valence-corrected chi connectivity index (χ3v) is 1.83. The van der Waals surface area contributed by atoms with E-state index in [0.717, 1.165) is 0 Å². The van der Waals surface area contributed by atoms with Gasteiger partial charge in [-0.05, 0) is 0 Å². The van der Waals surface area contributed by atoms with Gasteiger partial charge in [0, 0.05) is 11.6 Å². The number of hydrogen-bond donors (Lipinski definition) is 1. The maximum Gasteiger partial charge on any atom is 0.419 e. The smallest absolute Gasteiger partial charge is 0.312 e. The molecule has 0 atom stereocenters. The summed E-state index contributed by atoms with van der Waals surface area (Å²) in [6.45, 7) is 0. The molecule has 0 amide bonds. The molecule has 0 fully saturated rings. The maximum absolute atomic E-state index is 12.3. The number of halogens is 6. The van der Waals surface area contributed by atoms with Crippen molar-refractivity contribution in [2.45, 2.75) is 12.6 Å². The average Bonchev–Trinajstić information content (AvgIpc) is 1.99. The summed E-state index contributed by atoms with van der Waals surface area (Å²) in [5.74, 6) is 0. The second-order valence-corrected chi connectivity index (χ2v) is 2.95. The molecule has 15 heavy (non-hydrogen) atoms. The van der Waals surface area contributed by atoms with Crippen LogP contribution in [0.15, 0.2) is 10.9 Å². The Morgan fingerprint density at radius 1 is 1.33 bits per heavy atom. The molecule has 1 rings (SSSR count). The molecule has 84 valence electrons. The van der Waals surface area contributed by atoms with Gasteiger partial charge in [0.25, 0.3) is 6.43 Å². The summed E-state index contributed by atoms with van der Waals surface area (Å²) in [5.41, 5.74) is -4.24. The number of aromatic amines is 1. The summed E-state index contributed by atoms with van der Waals surface area (Å²) in [7, 11) is 0. The zero-order chi connectivity index (χ0) is 11.8. The normalized spacial score (nSPS) is 12.2. The Balaban J connectivity index is 3.55. The van der Waals surface area contributed by atoms with Crippen molar-refractivity contribution in [2.24, 2.45) is 0 Å². The maximum atomic E-state index is 12.3. The van der Waals surface area contributed by atoms with Gasteiger partial charge in [-0.1, -0.05) is 11.6 Å². The van der Waals surface area contributed by atoms with E-state index in [1.165, 1.54) is 0 Å². The molecule has 0 aliphatic heterocycles. The van der Waals surface area contributed by atoms with Crippen LogP contribution in [0.3, 0.4) is 0 Å². The summed E-state index contributed by atoms with van der Waals surface area (Å²) in [6.07, 6.45) is -8.45. The van der Waals surface area contributed by atoms with Crippen molar-refractivity contribution in [1.29, 1.82) is 0 Å². The summed E-state index contributed by atoms with van der Waals surface area (Å²) in [5, 5.41) is -1.13. The molecule has 1 aromatic heterocycles. The Kier molecular flexibility index (Phi) is 3.03. The number of hydrogen-bond acceptors (Lipinski definition) is 1. The van der Waals surface area contributed by atoms with E-state index in [2.05, 4.69) is 0 Å². The van der Waals surface area contributed by atoms with Gasteiger partial charge >= 0.3 is 6.18 Å². The minimum Gasteiger partial charge on any atom is -0.312 e. The topological polar surface area (TPSA) is 32.9 Å². The fraction of sp³-hybridized carbons (Fsp3) is 0.286. The molecule has 0 spiro atoms. The Morgan fingerprint density at radius 2 is 1.87 bits per heavy atom. The second-order valence-electron chi connectivity index (χ2n) is 2.58. The van der Waals surface area contributed by atoms with Crippen LogP contribution in [0, 0.1) is 0 Å². The summed E-state index contributed by atoms with van der Waals surface area (Å²) in [4.78, 5) is 12.3. The van der Waals surface area contributed by atoms with Crippen LogP contribution in [0.5, 0.6) is 0 Å². The predicted octanol–water partition coefficient (Wildman–Crippen LogP) is 2.98. The van der Waals surface area contributed by atoms with Gasteiger partial charge in [0.05, 0.1) is 5.56 Å². The lowest BCUT2D eigenvalue weighted by Crippen LogP contribution is -2.17. The molecule has 1 aromatic rings. The van der Waals surface area contributed by atoms with Crippen molar-refractivity contribution in [3.05, 3.63) is 32.7 Å². The first kappa shape index (κ1) is 12.0. The van der Waals surface area contributed by atoms with Crippen LogP contribution in [0.2, 0.25) is 5.15 Å². The summed E-state index contributed by atoms with van der Waals surface area (Å²) >= 11 is 5.05. The highest BCUT2D eigenvalue weighted by molar-refractivity contribution is 6.30. The van der Waals surface area contributed by atoms with Crippen molar-refractivity contribution in [3.8, 4) is 0 Å². The highest BCUT2D eigenvalue weighted by Gasteiger charge is 2.38. The van der Waals surface area contributed by atoms with E-state index in [9.17, 15) is 26.7 Å². The van der Waals surface area contributed by atoms with Crippen LogP contribution in [-0.4, -0.2) is 4.98 Å². The van der Waals surface area contributed by atoms with Crippen LogP contribution in [0.1, 0.15) is 17.6 Å². The molecule has 0 saturated carbocycles. The van der Waals surface area contributed by atoms with Crippen molar-refractivity contribution in [3.63, 3.8) is 0 Å². The van der Waals surface area contributed by atoms with E-state index < -0.39 is 34.4 Å². The second kappa shape index (κ2) is 3.80. The van der Waals surface area contributed by atoms with E-state index in [4.69, 9.17) is 11.6 Å². The largest absolute Gasteiger partial charge is 0.419 e. The minimum atomic E-state index is -5.03. The monoisotopic (exact) mass is 247 g/mol. The first-order valence-corrected chi connectivity index (χ1v) is 3.89. The molecule has 2 nitrogen and oxygen atoms in total. The number of aromatic nitrogens is 1. The SMILES string of the molecule is O=c1cc(C(F)F)c(C(F)(F)F)c(Cl)[nH]1. The summed E-state index contributed by atoms with van der Waals surface area (Å²) in [6, 6.07) is 0.180. The van der Waals surface area contributed by atoms with Crippen LogP contribution >= 0.6 is 11.6 Å². The van der Waals surface area contributed by atoms with Crippen molar-refractivity contribution >= 4 is 11.6 Å². The third kappa shape index (κ3) is 2.47. The van der Waals surface area contributed by atoms with Crippen LogP contribution in [0.25, 0.3) is 0 Å². The van der Waals surface area contributed by atoms with E-state index in [1.54, 1.807) is 4.98 Å². The van der Waals surface area contributed by atoms with Crippen molar-refractivity contribution < 1.29 is 22.0 Å². The van der Waals surface area contributed by atoms with Gasteiger partial charge in [0.2, 0.25) is 5.56 Å². The number of nitrogens with one attached hydrogen (secondary N) is 1. The lowest BCUT2D eigenvalue weighted by Gasteiger charge is -2.12. The van der Waals surface area contributed by atoms with Gasteiger partial charge < -0.3 is 4.98 Å². The Hall–Kier alpha value is -1.11. The number of pyridine rings is 1. The van der Waals surface area contributed by atoms with Gasteiger partial charge in [-0.3, -0.25) is 4.79 Å². The molecule has 1 N–H and O–H groups in total. The predicted molar refractivity (Wildman–Crippen MR) is 42.0 cm³/mol. The highest BCUT2D eigenvalue weighted by atomic mass is 35.5. The molecule has 0 aromatic carbocycles. The van der Waals surface area contributed by atoms with Gasteiger partial charge in [-0.25, -0.2) is 8.78 Å². The Morgan fingerprint density at radius 3 is 2.27 bits per heavy atom. The molecule has 1 heterocycles. The first-order chi connectivity index (χ1) is 6.73. The lowest BCUT2D eigenvalue weighted by molar-refractivity contribution is -0.139. The Bertz CT molecular complexity index is 424. The molecule has 0 saturated heterocycles. The fourth-order valence-corrected chi connectivity index (χ4v) is 1.32. The lowest BCUT2D eigenvalue weighted by atomic mass is 10.1. The molecule has 0 radical (unpaired) electrons. The van der Waals surface area contributed by atoms with Crippen LogP contribution < -0.4 is 5.56 Å². The average molecular weight is 248 g/mol. The van der Waals surface area contributed by atoms with Gasteiger partial charge in [-0.15, -0.1) is 0 Å². The molecule has 0 aliphatic carbocycles. The van der Waals surface area contributed by atoms with Gasteiger partial charge in [0.1, 0.15) is 5.15 Å². The summed E-state index contributed by atoms with van der Waals surface area (Å²) < 4.78 is 61.2. The van der Waals surface area contributed by atoms with E-state index in [0.29, 0.717) is 0 Å². The van der Waals surface area contributed by atoms with E-state index in [-0.39, 0.29) is 6.07 Å². The molecule has 0 bridgehead atoms. The minimum absolute atomic E-state index is 0.180. The zero-order valence-electron chi connectivity index (χ0n) is 6.83.